The SMILES string of the molecule is CCOC(=O)CCCCCCCNC(=NC)N1CCC2(CCOC2)C1. The Balaban J connectivity index is 1.51. The van der Waals surface area contributed by atoms with Crippen LogP contribution in [-0.4, -0.2) is 63.3 Å². The number of esters is 1. The molecule has 2 aliphatic rings. The van der Waals surface area contributed by atoms with E-state index in [9.17, 15) is 4.79 Å². The maximum Gasteiger partial charge on any atom is 0.305 e. The number of nitrogens with one attached hydrogen (secondary N) is 1. The maximum atomic E-state index is 11.2. The van der Waals surface area contributed by atoms with Crippen molar-refractivity contribution in [3.05, 3.63) is 0 Å². The van der Waals surface area contributed by atoms with E-state index in [-0.39, 0.29) is 5.97 Å². The number of aliphatic imine (C=N–C) groups is 1. The number of ether oxygens (including phenoxy) is 2. The van der Waals surface area contributed by atoms with Crippen molar-refractivity contribution >= 4 is 11.9 Å². The minimum Gasteiger partial charge on any atom is -0.466 e. The molecule has 144 valence electrons. The van der Waals surface area contributed by atoms with Crippen LogP contribution in [0.2, 0.25) is 0 Å². The maximum absolute atomic E-state index is 11.2. The molecule has 1 spiro atoms. The van der Waals surface area contributed by atoms with Crippen LogP contribution in [0.15, 0.2) is 4.99 Å². The van der Waals surface area contributed by atoms with Gasteiger partial charge in [-0.1, -0.05) is 19.3 Å². The van der Waals surface area contributed by atoms with Crippen LogP contribution >= 0.6 is 0 Å². The molecule has 25 heavy (non-hydrogen) atoms. The molecule has 1 atom stereocenters. The van der Waals surface area contributed by atoms with E-state index >= 15 is 0 Å². The van der Waals surface area contributed by atoms with Crippen LogP contribution in [-0.2, 0) is 14.3 Å². The van der Waals surface area contributed by atoms with Crippen LogP contribution in [0, 0.1) is 5.41 Å². The molecular weight excluding hydrogens is 318 g/mol. The Kier molecular flexibility index (Phi) is 8.52. The minimum atomic E-state index is -0.0657. The third kappa shape index (κ3) is 6.49. The van der Waals surface area contributed by atoms with Gasteiger partial charge in [0.25, 0.3) is 0 Å². The number of hydrogen-bond acceptors (Lipinski definition) is 4. The Bertz CT molecular complexity index is 434. The van der Waals surface area contributed by atoms with Crippen LogP contribution in [0.4, 0.5) is 0 Å². The van der Waals surface area contributed by atoms with Crippen molar-refractivity contribution in [3.8, 4) is 0 Å². The van der Waals surface area contributed by atoms with Crippen molar-refractivity contribution in [2.75, 3.05) is 46.5 Å². The highest BCUT2D eigenvalue weighted by Crippen LogP contribution is 2.38. The molecular formula is C19H35N3O3. The first-order valence-corrected chi connectivity index (χ1v) is 9.88. The summed E-state index contributed by atoms with van der Waals surface area (Å²) in [5.41, 5.74) is 0.372. The molecule has 0 aromatic heterocycles. The highest BCUT2D eigenvalue weighted by atomic mass is 16.5. The third-order valence-corrected chi connectivity index (χ3v) is 5.28. The number of likely N-dealkylation sites (tertiary alicyclic amines) is 1. The number of rotatable bonds is 9. The molecule has 0 amide bonds. The number of carbonyl (C=O) groups is 1. The van der Waals surface area contributed by atoms with Crippen molar-refractivity contribution in [3.63, 3.8) is 0 Å². The van der Waals surface area contributed by atoms with Crippen LogP contribution in [0.3, 0.4) is 0 Å². The lowest BCUT2D eigenvalue weighted by molar-refractivity contribution is -0.143. The molecule has 1 unspecified atom stereocenters. The molecule has 6 nitrogen and oxygen atoms in total. The summed E-state index contributed by atoms with van der Waals surface area (Å²) in [4.78, 5) is 18.1. The molecule has 2 saturated heterocycles. The minimum absolute atomic E-state index is 0.0657. The van der Waals surface area contributed by atoms with Crippen LogP contribution < -0.4 is 5.32 Å². The van der Waals surface area contributed by atoms with E-state index in [1.54, 1.807) is 0 Å². The lowest BCUT2D eigenvalue weighted by atomic mass is 9.87. The zero-order valence-electron chi connectivity index (χ0n) is 16.0. The summed E-state index contributed by atoms with van der Waals surface area (Å²) in [7, 11) is 1.87. The van der Waals surface area contributed by atoms with Crippen molar-refractivity contribution in [1.82, 2.24) is 10.2 Å². The zero-order valence-corrected chi connectivity index (χ0v) is 16.0. The highest BCUT2D eigenvalue weighted by Gasteiger charge is 2.42. The highest BCUT2D eigenvalue weighted by molar-refractivity contribution is 5.80. The molecule has 0 saturated carbocycles. The standard InChI is InChI=1S/C19H35N3O3/c1-3-25-17(23)9-7-5-4-6-8-12-21-18(20-2)22-13-10-19(15-22)11-14-24-16-19/h3-16H2,1-2H3,(H,20,21). The van der Waals surface area contributed by atoms with Crippen molar-refractivity contribution < 1.29 is 14.3 Å². The van der Waals surface area contributed by atoms with Gasteiger partial charge in [0.2, 0.25) is 0 Å². The summed E-state index contributed by atoms with van der Waals surface area (Å²) in [6.07, 6.45) is 8.49. The summed E-state index contributed by atoms with van der Waals surface area (Å²) in [6.45, 7) is 7.27. The quantitative estimate of drug-likeness (QED) is 0.299. The summed E-state index contributed by atoms with van der Waals surface area (Å²) < 4.78 is 10.5. The van der Waals surface area contributed by atoms with E-state index in [4.69, 9.17) is 9.47 Å². The second-order valence-corrected chi connectivity index (χ2v) is 7.27. The van der Waals surface area contributed by atoms with Crippen LogP contribution in [0.5, 0.6) is 0 Å². The third-order valence-electron chi connectivity index (χ3n) is 5.28. The predicted molar refractivity (Wildman–Crippen MR) is 99.8 cm³/mol. The topological polar surface area (TPSA) is 63.2 Å². The first-order valence-electron chi connectivity index (χ1n) is 9.88. The van der Waals surface area contributed by atoms with Gasteiger partial charge in [-0.3, -0.25) is 9.79 Å². The summed E-state index contributed by atoms with van der Waals surface area (Å²) in [5.74, 6) is 0.968. The van der Waals surface area contributed by atoms with Gasteiger partial charge < -0.3 is 19.7 Å². The van der Waals surface area contributed by atoms with E-state index in [2.05, 4.69) is 15.2 Å². The van der Waals surface area contributed by atoms with E-state index in [0.29, 0.717) is 18.4 Å². The van der Waals surface area contributed by atoms with Crippen LogP contribution in [0.1, 0.15) is 58.3 Å². The monoisotopic (exact) mass is 353 g/mol. The number of nitrogens with zero attached hydrogens (tertiary/aromatic N) is 2. The second-order valence-electron chi connectivity index (χ2n) is 7.27. The Hall–Kier alpha value is -1.30. The van der Waals surface area contributed by atoms with E-state index in [1.165, 1.54) is 25.7 Å². The predicted octanol–water partition coefficient (Wildman–Crippen LogP) is 2.58. The first-order chi connectivity index (χ1) is 12.2. The number of unbranched alkanes of at least 4 members (excludes halogenated alkanes) is 4. The fourth-order valence-corrected chi connectivity index (χ4v) is 3.78. The fraction of sp³-hybridized carbons (Fsp3) is 0.895. The smallest absolute Gasteiger partial charge is 0.305 e. The molecule has 2 fully saturated rings. The van der Waals surface area contributed by atoms with E-state index < -0.39 is 0 Å². The zero-order chi connectivity index (χ0) is 18.0. The van der Waals surface area contributed by atoms with Crippen molar-refractivity contribution in [1.29, 1.82) is 0 Å². The summed E-state index contributed by atoms with van der Waals surface area (Å²) in [5, 5.41) is 3.50. The normalized spacial score (nSPS) is 23.4. The number of hydrogen-bond donors (Lipinski definition) is 1. The van der Waals surface area contributed by atoms with Gasteiger partial charge in [-0.05, 0) is 32.6 Å². The molecule has 0 radical (unpaired) electrons. The first kappa shape index (κ1) is 20.0. The van der Waals surface area contributed by atoms with Gasteiger partial charge in [0.05, 0.1) is 13.2 Å². The van der Waals surface area contributed by atoms with E-state index in [1.807, 2.05) is 14.0 Å². The molecule has 2 rings (SSSR count). The second kappa shape index (κ2) is 10.6. The molecule has 6 heteroatoms. The molecule has 1 N–H and O–H groups in total. The largest absolute Gasteiger partial charge is 0.466 e. The van der Waals surface area contributed by atoms with Crippen molar-refractivity contribution in [2.24, 2.45) is 10.4 Å². The van der Waals surface area contributed by atoms with Crippen LogP contribution in [0.25, 0.3) is 0 Å². The molecule has 2 aliphatic heterocycles. The molecule has 0 bridgehead atoms. The average Bonchev–Trinajstić information content (AvgIpc) is 3.24. The van der Waals surface area contributed by atoms with Gasteiger partial charge in [0, 0.05) is 45.1 Å². The molecule has 2 heterocycles. The average molecular weight is 354 g/mol. The summed E-state index contributed by atoms with van der Waals surface area (Å²) >= 11 is 0. The van der Waals surface area contributed by atoms with Crippen molar-refractivity contribution in [2.45, 2.75) is 58.3 Å². The Morgan fingerprint density at radius 3 is 2.76 bits per heavy atom. The Morgan fingerprint density at radius 2 is 2.04 bits per heavy atom. The number of guanidine groups is 1. The van der Waals surface area contributed by atoms with Gasteiger partial charge in [0.15, 0.2) is 5.96 Å². The lowest BCUT2D eigenvalue weighted by Gasteiger charge is -2.24. The van der Waals surface area contributed by atoms with Gasteiger partial charge in [0.1, 0.15) is 0 Å². The fourth-order valence-electron chi connectivity index (χ4n) is 3.78. The van der Waals surface area contributed by atoms with Gasteiger partial charge >= 0.3 is 5.97 Å². The summed E-state index contributed by atoms with van der Waals surface area (Å²) in [6, 6.07) is 0. The molecule has 0 aliphatic carbocycles. The van der Waals surface area contributed by atoms with Gasteiger partial charge in [-0.2, -0.15) is 0 Å². The lowest BCUT2D eigenvalue weighted by Crippen LogP contribution is -2.41. The Morgan fingerprint density at radius 1 is 1.24 bits per heavy atom. The Labute approximate surface area is 152 Å². The molecule has 0 aromatic rings. The van der Waals surface area contributed by atoms with E-state index in [0.717, 1.165) is 58.1 Å². The number of carbonyl (C=O) groups excluding carboxylic acids is 1. The van der Waals surface area contributed by atoms with Gasteiger partial charge in [-0.15, -0.1) is 0 Å². The van der Waals surface area contributed by atoms with Gasteiger partial charge in [-0.25, -0.2) is 0 Å². The molecule has 0 aromatic carbocycles.